The Morgan fingerprint density at radius 2 is 1.89 bits per heavy atom. The van der Waals surface area contributed by atoms with E-state index in [0.717, 1.165) is 67.1 Å². The zero-order valence-electron chi connectivity index (χ0n) is 20.5. The lowest BCUT2D eigenvalue weighted by molar-refractivity contribution is 0.0957. The molecule has 2 fully saturated rings. The Kier molecular flexibility index (Phi) is 7.55. The van der Waals surface area contributed by atoms with Crippen LogP contribution in [0.15, 0.2) is 41.6 Å². The third-order valence-corrected chi connectivity index (χ3v) is 7.76. The van der Waals surface area contributed by atoms with Crippen LogP contribution in [0.2, 0.25) is 0 Å². The van der Waals surface area contributed by atoms with Crippen molar-refractivity contribution in [1.82, 2.24) is 19.3 Å². The van der Waals surface area contributed by atoms with E-state index >= 15 is 0 Å². The molecular weight excluding hydrogens is 462 g/mol. The summed E-state index contributed by atoms with van der Waals surface area (Å²) in [4.78, 5) is 15.5. The van der Waals surface area contributed by atoms with Crippen LogP contribution in [-0.4, -0.2) is 69.9 Å². The van der Waals surface area contributed by atoms with Crippen LogP contribution in [0.5, 0.6) is 0 Å². The maximum atomic E-state index is 13.3. The zero-order chi connectivity index (χ0) is 24.2. The molecule has 0 spiro atoms. The second kappa shape index (κ2) is 11.0. The van der Waals surface area contributed by atoms with Crippen LogP contribution >= 0.6 is 11.8 Å². The van der Waals surface area contributed by atoms with Crippen molar-refractivity contribution in [2.24, 2.45) is 0 Å². The lowest BCUT2D eigenvalue weighted by atomic mass is 10.2. The number of hydrogen-bond acceptors (Lipinski definition) is 7. The first-order valence-electron chi connectivity index (χ1n) is 12.3. The van der Waals surface area contributed by atoms with Gasteiger partial charge in [0.25, 0.3) is 0 Å². The van der Waals surface area contributed by atoms with Crippen LogP contribution < -0.4 is 4.90 Å². The Morgan fingerprint density at radius 1 is 1.09 bits per heavy atom. The number of ether oxygens (including phenoxy) is 2. The number of nitrogens with zero attached hydrogens (tertiary/aromatic N) is 5. The number of Topliss-reactive ketones (excluding diaryl/α,β-unsaturated/α-hetero) is 1. The van der Waals surface area contributed by atoms with Crippen LogP contribution in [-0.2, 0) is 22.6 Å². The van der Waals surface area contributed by atoms with Gasteiger partial charge in [0.05, 0.1) is 31.6 Å². The minimum Gasteiger partial charge on any atom is -0.378 e. The molecule has 1 unspecified atom stereocenters. The number of anilines is 1. The molecule has 0 aliphatic carbocycles. The second-order valence-electron chi connectivity index (χ2n) is 9.20. The Bertz CT molecular complexity index is 1150. The number of morpholine rings is 1. The van der Waals surface area contributed by atoms with E-state index in [0.29, 0.717) is 25.5 Å². The number of carbonyl (C=O) groups is 1. The summed E-state index contributed by atoms with van der Waals surface area (Å²) < 4.78 is 15.7. The molecule has 2 aliphatic rings. The molecule has 2 saturated heterocycles. The number of thioether (sulfide) groups is 1. The van der Waals surface area contributed by atoms with Crippen molar-refractivity contribution in [3.05, 3.63) is 58.9 Å². The van der Waals surface area contributed by atoms with Crippen LogP contribution in [0.25, 0.3) is 0 Å². The molecule has 3 aromatic rings. The first-order valence-corrected chi connectivity index (χ1v) is 13.3. The Morgan fingerprint density at radius 3 is 2.63 bits per heavy atom. The molecule has 35 heavy (non-hydrogen) atoms. The molecule has 2 aromatic heterocycles. The maximum absolute atomic E-state index is 13.3. The molecule has 186 valence electrons. The zero-order valence-corrected chi connectivity index (χ0v) is 21.3. The first-order chi connectivity index (χ1) is 17.1. The highest BCUT2D eigenvalue weighted by molar-refractivity contribution is 7.99. The molecular formula is C26H33N5O3S. The molecule has 0 amide bonds. The fraction of sp³-hybridized carbons (Fsp3) is 0.500. The molecule has 9 heteroatoms. The van der Waals surface area contributed by atoms with Gasteiger partial charge in [-0.05, 0) is 38.3 Å². The largest absolute Gasteiger partial charge is 0.378 e. The molecule has 0 N–H and O–H groups in total. The smallest absolute Gasteiger partial charge is 0.228 e. The van der Waals surface area contributed by atoms with Gasteiger partial charge in [0.15, 0.2) is 10.9 Å². The maximum Gasteiger partial charge on any atom is 0.228 e. The van der Waals surface area contributed by atoms with E-state index < -0.39 is 0 Å². The summed E-state index contributed by atoms with van der Waals surface area (Å²) in [5.74, 6) is 1.27. The number of rotatable bonds is 9. The predicted octanol–water partition coefficient (Wildman–Crippen LogP) is 3.74. The molecule has 1 atom stereocenters. The minimum absolute atomic E-state index is 0.115. The monoisotopic (exact) mass is 495 g/mol. The Balaban J connectivity index is 1.32. The number of benzene rings is 1. The van der Waals surface area contributed by atoms with Gasteiger partial charge in [-0.25, -0.2) is 0 Å². The summed E-state index contributed by atoms with van der Waals surface area (Å²) >= 11 is 1.46. The summed E-state index contributed by atoms with van der Waals surface area (Å²) in [5.41, 5.74) is 4.08. The average Bonchev–Trinajstić information content (AvgIpc) is 3.61. The predicted molar refractivity (Wildman–Crippen MR) is 137 cm³/mol. The topological polar surface area (TPSA) is 74.4 Å². The summed E-state index contributed by atoms with van der Waals surface area (Å²) in [7, 11) is 0. The van der Waals surface area contributed by atoms with Crippen LogP contribution in [0.3, 0.4) is 0 Å². The lowest BCUT2D eigenvalue weighted by Gasteiger charge is -2.28. The van der Waals surface area contributed by atoms with Crippen molar-refractivity contribution in [1.29, 1.82) is 0 Å². The number of aromatic nitrogens is 4. The molecule has 0 radical (unpaired) electrons. The Hall–Kier alpha value is -2.62. The summed E-state index contributed by atoms with van der Waals surface area (Å²) in [5, 5.41) is 9.76. The third-order valence-electron chi connectivity index (χ3n) is 6.79. The fourth-order valence-electron chi connectivity index (χ4n) is 4.85. The van der Waals surface area contributed by atoms with E-state index in [1.807, 2.05) is 31.2 Å². The number of carbonyl (C=O) groups excluding carboxylic acids is 1. The minimum atomic E-state index is 0.115. The highest BCUT2D eigenvalue weighted by atomic mass is 32.2. The van der Waals surface area contributed by atoms with E-state index in [2.05, 4.69) is 43.3 Å². The van der Waals surface area contributed by atoms with E-state index in [1.165, 1.54) is 17.3 Å². The standard InChI is InChI=1S/C26H33N5O3S/c1-19-15-23(20(2)30(19)17-22-9-6-12-34-22)24(32)18-35-26-28-27-25(29-10-13-33-14-11-29)31(26)16-21-7-4-3-5-8-21/h3-5,7-8,15,22H,6,9-14,16-18H2,1-2H3. The van der Waals surface area contributed by atoms with Gasteiger partial charge in [0, 0.05) is 43.2 Å². The second-order valence-corrected chi connectivity index (χ2v) is 10.1. The van der Waals surface area contributed by atoms with E-state index in [9.17, 15) is 4.79 Å². The average molecular weight is 496 g/mol. The molecule has 4 heterocycles. The highest BCUT2D eigenvalue weighted by Gasteiger charge is 2.24. The van der Waals surface area contributed by atoms with Crippen molar-refractivity contribution >= 4 is 23.5 Å². The van der Waals surface area contributed by atoms with Gasteiger partial charge in [0.1, 0.15) is 0 Å². The van der Waals surface area contributed by atoms with E-state index in [1.54, 1.807) is 0 Å². The van der Waals surface area contributed by atoms with Gasteiger partial charge in [-0.2, -0.15) is 0 Å². The normalized spacial score (nSPS) is 18.3. The number of ketones is 1. The van der Waals surface area contributed by atoms with Crippen molar-refractivity contribution in [2.75, 3.05) is 43.6 Å². The van der Waals surface area contributed by atoms with Gasteiger partial charge in [-0.3, -0.25) is 9.36 Å². The molecule has 2 aliphatic heterocycles. The quantitative estimate of drug-likeness (QED) is 0.331. The Labute approximate surface area is 210 Å². The first kappa shape index (κ1) is 24.1. The van der Waals surface area contributed by atoms with E-state index in [4.69, 9.17) is 9.47 Å². The van der Waals surface area contributed by atoms with Crippen molar-refractivity contribution in [3.63, 3.8) is 0 Å². The summed E-state index contributed by atoms with van der Waals surface area (Å²) in [6.07, 6.45) is 2.44. The summed E-state index contributed by atoms with van der Waals surface area (Å²) in [6.45, 7) is 9.34. The van der Waals surface area contributed by atoms with Gasteiger partial charge >= 0.3 is 0 Å². The molecule has 8 nitrogen and oxygen atoms in total. The molecule has 5 rings (SSSR count). The van der Waals surface area contributed by atoms with E-state index in [-0.39, 0.29) is 11.9 Å². The fourth-order valence-corrected chi connectivity index (χ4v) is 5.67. The molecule has 0 saturated carbocycles. The molecule has 0 bridgehead atoms. The van der Waals surface area contributed by atoms with Crippen LogP contribution in [0.4, 0.5) is 5.95 Å². The van der Waals surface area contributed by atoms with Crippen molar-refractivity contribution in [3.8, 4) is 0 Å². The van der Waals surface area contributed by atoms with Gasteiger partial charge in [-0.1, -0.05) is 42.1 Å². The van der Waals surface area contributed by atoms with Gasteiger partial charge in [-0.15, -0.1) is 10.2 Å². The molecule has 1 aromatic carbocycles. The van der Waals surface area contributed by atoms with Crippen molar-refractivity contribution in [2.45, 2.75) is 51.0 Å². The highest BCUT2D eigenvalue weighted by Crippen LogP contribution is 2.27. The third kappa shape index (κ3) is 5.47. The SMILES string of the molecule is Cc1cc(C(=O)CSc2nnc(N3CCOCC3)n2Cc2ccccc2)c(C)n1CC1CCCO1. The van der Waals surface area contributed by atoms with Crippen LogP contribution in [0, 0.1) is 13.8 Å². The van der Waals surface area contributed by atoms with Gasteiger partial charge < -0.3 is 18.9 Å². The van der Waals surface area contributed by atoms with Crippen molar-refractivity contribution < 1.29 is 14.3 Å². The number of hydrogen-bond donors (Lipinski definition) is 0. The lowest BCUT2D eigenvalue weighted by Crippen LogP contribution is -2.38. The summed E-state index contributed by atoms with van der Waals surface area (Å²) in [6, 6.07) is 12.3. The number of aryl methyl sites for hydroxylation is 1. The van der Waals surface area contributed by atoms with Gasteiger partial charge in [0.2, 0.25) is 5.95 Å². The van der Waals surface area contributed by atoms with Crippen LogP contribution in [0.1, 0.15) is 40.2 Å².